The number of aromatic nitrogens is 2. The number of nitro groups is 1. The van der Waals surface area contributed by atoms with Gasteiger partial charge in [0.15, 0.2) is 0 Å². The van der Waals surface area contributed by atoms with Gasteiger partial charge in [0.2, 0.25) is 0 Å². The third-order valence-electron chi connectivity index (χ3n) is 4.70. The summed E-state index contributed by atoms with van der Waals surface area (Å²) in [6, 6.07) is 19.8. The zero-order chi connectivity index (χ0) is 21.3. The molecule has 4 aromatic rings. The Labute approximate surface area is 173 Å². The minimum absolute atomic E-state index is 0.0424. The smallest absolute Gasteiger partial charge is 0.269 e. The van der Waals surface area contributed by atoms with Crippen molar-refractivity contribution in [2.24, 2.45) is 0 Å². The molecule has 9 heteroatoms. The topological polar surface area (TPSA) is 107 Å². The van der Waals surface area contributed by atoms with E-state index in [4.69, 9.17) is 0 Å². The van der Waals surface area contributed by atoms with Gasteiger partial charge in [-0.3, -0.25) is 10.1 Å². The number of hydrogen-bond acceptors (Lipinski definition) is 6. The van der Waals surface area contributed by atoms with Crippen molar-refractivity contribution >= 4 is 32.4 Å². The number of aryl methyl sites for hydroxylation is 1. The van der Waals surface area contributed by atoms with Crippen molar-refractivity contribution in [3.63, 3.8) is 0 Å². The summed E-state index contributed by atoms with van der Waals surface area (Å²) in [7, 11) is -3.75. The van der Waals surface area contributed by atoms with E-state index in [1.165, 1.54) is 16.1 Å². The third-order valence-corrected chi connectivity index (χ3v) is 6.51. The van der Waals surface area contributed by atoms with Crippen molar-refractivity contribution in [1.82, 2.24) is 8.96 Å². The summed E-state index contributed by atoms with van der Waals surface area (Å²) in [6.45, 7) is 2.12. The molecule has 0 saturated heterocycles. The molecular weight excluding hydrogens is 404 g/mol. The van der Waals surface area contributed by atoms with Crippen LogP contribution in [0.2, 0.25) is 0 Å². The molecule has 3 aromatic carbocycles. The number of nitrogens with zero attached hydrogens (tertiary/aromatic N) is 3. The van der Waals surface area contributed by atoms with Gasteiger partial charge in [0.1, 0.15) is 5.82 Å². The molecule has 152 valence electrons. The van der Waals surface area contributed by atoms with Gasteiger partial charge in [-0.2, -0.15) is 0 Å². The second-order valence-corrected chi connectivity index (χ2v) is 8.51. The fourth-order valence-electron chi connectivity index (χ4n) is 3.23. The highest BCUT2D eigenvalue weighted by molar-refractivity contribution is 7.90. The average molecular weight is 422 g/mol. The number of rotatable bonds is 6. The lowest BCUT2D eigenvalue weighted by molar-refractivity contribution is -0.384. The first-order valence-corrected chi connectivity index (χ1v) is 10.6. The van der Waals surface area contributed by atoms with E-state index in [1.54, 1.807) is 67.6 Å². The highest BCUT2D eigenvalue weighted by Crippen LogP contribution is 2.25. The van der Waals surface area contributed by atoms with Crippen molar-refractivity contribution in [2.45, 2.75) is 18.4 Å². The van der Waals surface area contributed by atoms with Crippen LogP contribution < -0.4 is 5.32 Å². The van der Waals surface area contributed by atoms with Gasteiger partial charge in [0, 0.05) is 24.4 Å². The molecule has 0 unspecified atom stereocenters. The molecule has 0 fully saturated rings. The Morgan fingerprint density at radius 2 is 1.73 bits per heavy atom. The van der Waals surface area contributed by atoms with Gasteiger partial charge < -0.3 is 5.32 Å². The maximum absolute atomic E-state index is 13.1. The maximum atomic E-state index is 13.1. The Morgan fingerprint density at radius 3 is 2.40 bits per heavy atom. The summed E-state index contributed by atoms with van der Waals surface area (Å²) in [5.41, 5.74) is 2.75. The standard InChI is InChI=1S/C21H18N4O4S/c1-15-23-20-13-17(22-14-16-7-10-18(11-8-16)25(26)27)9-12-21(20)24(15)30(28,29)19-5-3-2-4-6-19/h2-13,22H,14H2,1H3. The van der Waals surface area contributed by atoms with E-state index in [0.29, 0.717) is 23.4 Å². The van der Waals surface area contributed by atoms with Crippen LogP contribution in [0.1, 0.15) is 11.4 Å². The summed E-state index contributed by atoms with van der Waals surface area (Å²) in [5, 5.41) is 14.0. The predicted molar refractivity (Wildman–Crippen MR) is 114 cm³/mol. The zero-order valence-electron chi connectivity index (χ0n) is 16.0. The molecule has 0 spiro atoms. The van der Waals surface area contributed by atoms with Crippen molar-refractivity contribution in [3.8, 4) is 0 Å². The van der Waals surface area contributed by atoms with E-state index in [2.05, 4.69) is 10.3 Å². The fraction of sp³-hybridized carbons (Fsp3) is 0.0952. The number of anilines is 1. The second kappa shape index (κ2) is 7.60. The van der Waals surface area contributed by atoms with Gasteiger partial charge in [0.05, 0.1) is 20.9 Å². The van der Waals surface area contributed by atoms with E-state index in [1.807, 2.05) is 0 Å². The second-order valence-electron chi connectivity index (χ2n) is 6.72. The highest BCUT2D eigenvalue weighted by Gasteiger charge is 2.22. The maximum Gasteiger partial charge on any atom is 0.269 e. The lowest BCUT2D eigenvalue weighted by Gasteiger charge is -2.09. The normalized spacial score (nSPS) is 11.5. The van der Waals surface area contributed by atoms with E-state index in [0.717, 1.165) is 11.3 Å². The lowest BCUT2D eigenvalue weighted by atomic mass is 10.2. The Kier molecular flexibility index (Phi) is 4.96. The Balaban J connectivity index is 1.61. The quantitative estimate of drug-likeness (QED) is 0.370. The molecular formula is C21H18N4O4S. The number of fused-ring (bicyclic) bond motifs is 1. The summed E-state index contributed by atoms with van der Waals surface area (Å²) >= 11 is 0. The molecule has 0 bridgehead atoms. The Morgan fingerprint density at radius 1 is 1.03 bits per heavy atom. The van der Waals surface area contributed by atoms with E-state index in [9.17, 15) is 18.5 Å². The van der Waals surface area contributed by atoms with Crippen LogP contribution in [-0.4, -0.2) is 22.3 Å². The van der Waals surface area contributed by atoms with Gasteiger partial charge in [-0.05, 0) is 42.8 Å². The van der Waals surface area contributed by atoms with Crippen LogP contribution >= 0.6 is 0 Å². The number of hydrogen-bond donors (Lipinski definition) is 1. The largest absolute Gasteiger partial charge is 0.381 e. The number of imidazole rings is 1. The molecule has 1 aromatic heterocycles. The van der Waals surface area contributed by atoms with Crippen molar-refractivity contribution in [1.29, 1.82) is 0 Å². The molecule has 0 saturated carbocycles. The molecule has 0 radical (unpaired) electrons. The SMILES string of the molecule is Cc1nc2cc(NCc3ccc([N+](=O)[O-])cc3)ccc2n1S(=O)(=O)c1ccccc1. The first-order chi connectivity index (χ1) is 14.4. The molecule has 4 rings (SSSR count). The minimum Gasteiger partial charge on any atom is -0.381 e. The minimum atomic E-state index is -3.75. The summed E-state index contributed by atoms with van der Waals surface area (Å²) < 4.78 is 27.4. The Bertz CT molecular complexity index is 1330. The fourth-order valence-corrected chi connectivity index (χ4v) is 4.74. The average Bonchev–Trinajstić information content (AvgIpc) is 3.08. The van der Waals surface area contributed by atoms with Gasteiger partial charge >= 0.3 is 0 Å². The van der Waals surface area contributed by atoms with Crippen LogP contribution in [-0.2, 0) is 16.6 Å². The molecule has 0 aliphatic heterocycles. The molecule has 1 heterocycles. The van der Waals surface area contributed by atoms with Crippen molar-refractivity contribution < 1.29 is 13.3 Å². The van der Waals surface area contributed by atoms with Gasteiger partial charge in [-0.1, -0.05) is 30.3 Å². The molecule has 0 aliphatic carbocycles. The zero-order valence-corrected chi connectivity index (χ0v) is 16.8. The number of benzene rings is 3. The van der Waals surface area contributed by atoms with Crippen molar-refractivity contribution in [3.05, 3.63) is 94.3 Å². The number of nitro benzene ring substituents is 1. The monoisotopic (exact) mass is 422 g/mol. The molecule has 8 nitrogen and oxygen atoms in total. The third kappa shape index (κ3) is 3.62. The van der Waals surface area contributed by atoms with E-state index in [-0.39, 0.29) is 10.6 Å². The van der Waals surface area contributed by atoms with Crippen LogP contribution in [0, 0.1) is 17.0 Å². The van der Waals surface area contributed by atoms with Gasteiger partial charge in [-0.15, -0.1) is 0 Å². The molecule has 1 N–H and O–H groups in total. The molecule has 0 amide bonds. The van der Waals surface area contributed by atoms with E-state index < -0.39 is 14.9 Å². The van der Waals surface area contributed by atoms with Crippen molar-refractivity contribution in [2.75, 3.05) is 5.32 Å². The van der Waals surface area contributed by atoms with Gasteiger partial charge in [0.25, 0.3) is 15.7 Å². The summed E-state index contributed by atoms with van der Waals surface area (Å²) in [6.07, 6.45) is 0. The van der Waals surface area contributed by atoms with E-state index >= 15 is 0 Å². The van der Waals surface area contributed by atoms with Crippen LogP contribution in [0.25, 0.3) is 11.0 Å². The number of nitrogens with one attached hydrogen (secondary N) is 1. The molecule has 0 aliphatic rings. The van der Waals surface area contributed by atoms with Crippen LogP contribution in [0.5, 0.6) is 0 Å². The lowest BCUT2D eigenvalue weighted by Crippen LogP contribution is -2.14. The number of non-ortho nitro benzene ring substituents is 1. The van der Waals surface area contributed by atoms with Gasteiger partial charge in [-0.25, -0.2) is 17.4 Å². The predicted octanol–water partition coefficient (Wildman–Crippen LogP) is 4.10. The first-order valence-electron chi connectivity index (χ1n) is 9.13. The highest BCUT2D eigenvalue weighted by atomic mass is 32.2. The van der Waals surface area contributed by atoms with Crippen LogP contribution in [0.4, 0.5) is 11.4 Å². The molecule has 30 heavy (non-hydrogen) atoms. The summed E-state index contributed by atoms with van der Waals surface area (Å²) in [5.74, 6) is 0.376. The molecule has 0 atom stereocenters. The Hall–Kier alpha value is -3.72. The summed E-state index contributed by atoms with van der Waals surface area (Å²) in [4.78, 5) is 14.9. The first kappa shape index (κ1) is 19.6. The van der Waals surface area contributed by atoms with Crippen LogP contribution in [0.3, 0.4) is 0 Å². The van der Waals surface area contributed by atoms with Crippen LogP contribution in [0.15, 0.2) is 77.7 Å².